The van der Waals surface area contributed by atoms with Crippen LogP contribution in [-0.2, 0) is 6.42 Å². The first-order valence-electron chi connectivity index (χ1n) is 7.36. The van der Waals surface area contributed by atoms with Crippen LogP contribution in [0.2, 0.25) is 5.02 Å². The molecule has 0 aliphatic heterocycles. The highest BCUT2D eigenvalue weighted by Crippen LogP contribution is 2.24. The van der Waals surface area contributed by atoms with Gasteiger partial charge in [0, 0.05) is 24.0 Å². The standard InChI is InChI=1S/C16H24ClN3/c1-11(2)10-18-8-7-16-19-14-9-13(17)5-6-15(14)20(16)12(3)4/h5-6,9,11-12,18H,7-8,10H2,1-4H3. The maximum atomic E-state index is 6.06. The fourth-order valence-electron chi connectivity index (χ4n) is 2.47. The fraction of sp³-hybridized carbons (Fsp3) is 0.562. The Labute approximate surface area is 126 Å². The van der Waals surface area contributed by atoms with Crippen molar-refractivity contribution in [1.29, 1.82) is 0 Å². The molecule has 0 unspecified atom stereocenters. The Bertz CT molecular complexity index is 572. The van der Waals surface area contributed by atoms with Crippen molar-refractivity contribution in [1.82, 2.24) is 14.9 Å². The number of hydrogen-bond donors (Lipinski definition) is 1. The third-order valence-electron chi connectivity index (χ3n) is 3.32. The van der Waals surface area contributed by atoms with Crippen molar-refractivity contribution in [2.45, 2.75) is 40.2 Å². The van der Waals surface area contributed by atoms with Crippen LogP contribution in [0, 0.1) is 5.92 Å². The Morgan fingerprint density at radius 2 is 2.00 bits per heavy atom. The van der Waals surface area contributed by atoms with E-state index in [1.54, 1.807) is 0 Å². The minimum Gasteiger partial charge on any atom is -0.325 e. The van der Waals surface area contributed by atoms with E-state index in [0.29, 0.717) is 12.0 Å². The molecule has 0 atom stereocenters. The number of nitrogens with one attached hydrogen (secondary N) is 1. The topological polar surface area (TPSA) is 29.9 Å². The highest BCUT2D eigenvalue weighted by molar-refractivity contribution is 6.31. The highest BCUT2D eigenvalue weighted by Gasteiger charge is 2.13. The molecule has 0 amide bonds. The van der Waals surface area contributed by atoms with Crippen molar-refractivity contribution in [2.24, 2.45) is 5.92 Å². The van der Waals surface area contributed by atoms with Gasteiger partial charge in [0.15, 0.2) is 0 Å². The Kier molecular flexibility index (Phi) is 5.06. The molecule has 0 aliphatic carbocycles. The lowest BCUT2D eigenvalue weighted by atomic mass is 10.2. The van der Waals surface area contributed by atoms with Crippen LogP contribution in [0.15, 0.2) is 18.2 Å². The van der Waals surface area contributed by atoms with Crippen LogP contribution in [0.3, 0.4) is 0 Å². The van der Waals surface area contributed by atoms with Crippen LogP contribution in [0.1, 0.15) is 39.6 Å². The SMILES string of the molecule is CC(C)CNCCc1nc2cc(Cl)ccc2n1C(C)C. The molecular formula is C16H24ClN3. The molecule has 1 N–H and O–H groups in total. The average molecular weight is 294 g/mol. The van der Waals surface area contributed by atoms with Crippen molar-refractivity contribution < 1.29 is 0 Å². The van der Waals surface area contributed by atoms with Crippen LogP contribution < -0.4 is 5.32 Å². The van der Waals surface area contributed by atoms with Gasteiger partial charge in [0.25, 0.3) is 0 Å². The van der Waals surface area contributed by atoms with Crippen LogP contribution >= 0.6 is 11.6 Å². The molecule has 20 heavy (non-hydrogen) atoms. The Morgan fingerprint density at radius 3 is 2.65 bits per heavy atom. The predicted octanol–water partition coefficient (Wildman–Crippen LogP) is 4.06. The van der Waals surface area contributed by atoms with Crippen molar-refractivity contribution in [3.05, 3.63) is 29.0 Å². The zero-order valence-electron chi connectivity index (χ0n) is 12.8. The number of rotatable bonds is 6. The van der Waals surface area contributed by atoms with E-state index in [1.807, 2.05) is 12.1 Å². The van der Waals surface area contributed by atoms with E-state index < -0.39 is 0 Å². The van der Waals surface area contributed by atoms with Gasteiger partial charge in [-0.05, 0) is 44.5 Å². The van der Waals surface area contributed by atoms with E-state index in [9.17, 15) is 0 Å². The third-order valence-corrected chi connectivity index (χ3v) is 3.55. The molecule has 0 spiro atoms. The summed E-state index contributed by atoms with van der Waals surface area (Å²) in [6, 6.07) is 6.35. The molecule has 0 aliphatic rings. The minimum atomic E-state index is 0.404. The van der Waals surface area contributed by atoms with Gasteiger partial charge in [-0.1, -0.05) is 25.4 Å². The lowest BCUT2D eigenvalue weighted by Gasteiger charge is -2.13. The molecule has 0 radical (unpaired) electrons. The summed E-state index contributed by atoms with van der Waals surface area (Å²) in [6.45, 7) is 10.8. The van der Waals surface area contributed by atoms with Crippen molar-refractivity contribution in [3.8, 4) is 0 Å². The summed E-state index contributed by atoms with van der Waals surface area (Å²) in [7, 11) is 0. The zero-order valence-corrected chi connectivity index (χ0v) is 13.5. The summed E-state index contributed by atoms with van der Waals surface area (Å²) in [6.07, 6.45) is 0.942. The average Bonchev–Trinajstić information content (AvgIpc) is 2.71. The van der Waals surface area contributed by atoms with Gasteiger partial charge in [-0.25, -0.2) is 4.98 Å². The minimum absolute atomic E-state index is 0.404. The Morgan fingerprint density at radius 1 is 1.25 bits per heavy atom. The van der Waals surface area contributed by atoms with Crippen LogP contribution in [-0.4, -0.2) is 22.6 Å². The fourth-order valence-corrected chi connectivity index (χ4v) is 2.63. The molecule has 3 nitrogen and oxygen atoms in total. The number of aromatic nitrogens is 2. The van der Waals surface area contributed by atoms with Gasteiger partial charge < -0.3 is 9.88 Å². The van der Waals surface area contributed by atoms with E-state index in [0.717, 1.165) is 35.9 Å². The van der Waals surface area contributed by atoms with Crippen LogP contribution in [0.5, 0.6) is 0 Å². The lowest BCUT2D eigenvalue weighted by molar-refractivity contribution is 0.532. The second-order valence-electron chi connectivity index (χ2n) is 5.97. The zero-order chi connectivity index (χ0) is 14.7. The van der Waals surface area contributed by atoms with Gasteiger partial charge in [0.1, 0.15) is 5.82 Å². The molecule has 4 heteroatoms. The van der Waals surface area contributed by atoms with Gasteiger partial charge in [-0.3, -0.25) is 0 Å². The summed E-state index contributed by atoms with van der Waals surface area (Å²) in [5.74, 6) is 1.81. The molecule has 1 aromatic carbocycles. The second kappa shape index (κ2) is 6.59. The van der Waals surface area contributed by atoms with E-state index in [-0.39, 0.29) is 0 Å². The first-order chi connectivity index (χ1) is 9.49. The van der Waals surface area contributed by atoms with E-state index in [4.69, 9.17) is 16.6 Å². The van der Waals surface area contributed by atoms with Crippen molar-refractivity contribution in [2.75, 3.05) is 13.1 Å². The predicted molar refractivity (Wildman–Crippen MR) is 86.5 cm³/mol. The summed E-state index contributed by atoms with van der Waals surface area (Å²) in [5, 5.41) is 4.22. The van der Waals surface area contributed by atoms with E-state index >= 15 is 0 Å². The first-order valence-corrected chi connectivity index (χ1v) is 7.74. The number of halogens is 1. The van der Waals surface area contributed by atoms with Crippen molar-refractivity contribution >= 4 is 22.6 Å². The van der Waals surface area contributed by atoms with Gasteiger partial charge in [0.2, 0.25) is 0 Å². The molecule has 110 valence electrons. The van der Waals surface area contributed by atoms with Gasteiger partial charge in [-0.15, -0.1) is 0 Å². The Hall–Kier alpha value is -1.06. The molecule has 2 rings (SSSR count). The summed E-state index contributed by atoms with van der Waals surface area (Å²) < 4.78 is 2.31. The number of nitrogens with zero attached hydrogens (tertiary/aromatic N) is 2. The van der Waals surface area contributed by atoms with Crippen LogP contribution in [0.25, 0.3) is 11.0 Å². The summed E-state index contributed by atoms with van der Waals surface area (Å²) >= 11 is 6.06. The number of benzene rings is 1. The molecule has 0 saturated carbocycles. The molecule has 1 aromatic heterocycles. The van der Waals surface area contributed by atoms with Gasteiger partial charge in [-0.2, -0.15) is 0 Å². The maximum absolute atomic E-state index is 6.06. The second-order valence-corrected chi connectivity index (χ2v) is 6.41. The largest absolute Gasteiger partial charge is 0.325 e. The summed E-state index contributed by atoms with van der Waals surface area (Å²) in [4.78, 5) is 4.75. The van der Waals surface area contributed by atoms with Gasteiger partial charge >= 0.3 is 0 Å². The number of fused-ring (bicyclic) bond motifs is 1. The van der Waals surface area contributed by atoms with E-state index in [2.05, 4.69) is 43.6 Å². The number of imidazole rings is 1. The maximum Gasteiger partial charge on any atom is 0.111 e. The summed E-state index contributed by atoms with van der Waals surface area (Å²) in [5.41, 5.74) is 2.16. The highest BCUT2D eigenvalue weighted by atomic mass is 35.5. The molecule has 2 aromatic rings. The number of hydrogen-bond acceptors (Lipinski definition) is 2. The van der Waals surface area contributed by atoms with Crippen LogP contribution in [0.4, 0.5) is 0 Å². The molecule has 0 bridgehead atoms. The molecular weight excluding hydrogens is 270 g/mol. The smallest absolute Gasteiger partial charge is 0.111 e. The lowest BCUT2D eigenvalue weighted by Crippen LogP contribution is -2.23. The normalized spacial score (nSPS) is 11.9. The Balaban J connectivity index is 2.21. The van der Waals surface area contributed by atoms with Crippen molar-refractivity contribution in [3.63, 3.8) is 0 Å². The monoisotopic (exact) mass is 293 g/mol. The van der Waals surface area contributed by atoms with Gasteiger partial charge in [0.05, 0.1) is 11.0 Å². The van der Waals surface area contributed by atoms with E-state index in [1.165, 1.54) is 5.52 Å². The third kappa shape index (κ3) is 3.53. The molecule has 1 heterocycles. The first kappa shape index (κ1) is 15.3. The quantitative estimate of drug-likeness (QED) is 0.814. The molecule has 0 fully saturated rings. The molecule has 0 saturated heterocycles.